The number of hydrogen-bond acceptors (Lipinski definition) is 3. The molecule has 2 atom stereocenters. The Morgan fingerprint density at radius 2 is 2.50 bits per heavy atom. The first kappa shape index (κ1) is 9.50. The summed E-state index contributed by atoms with van der Waals surface area (Å²) in [5.41, 5.74) is 0. The molecular formula is C9H17N3. The predicted molar refractivity (Wildman–Crippen MR) is 48.7 cm³/mol. The fraction of sp³-hybridized carbons (Fsp3) is 0.889. The minimum absolute atomic E-state index is 0.162. The van der Waals surface area contributed by atoms with Gasteiger partial charge in [-0.3, -0.25) is 4.90 Å². The lowest BCUT2D eigenvalue weighted by Gasteiger charge is -2.32. The third-order valence-corrected chi connectivity index (χ3v) is 2.21. The van der Waals surface area contributed by atoms with Gasteiger partial charge in [0.05, 0.1) is 12.0 Å². The van der Waals surface area contributed by atoms with Crippen molar-refractivity contribution in [3.63, 3.8) is 0 Å². The molecule has 0 aromatic heterocycles. The van der Waals surface area contributed by atoms with Crippen LogP contribution in [0.4, 0.5) is 0 Å². The van der Waals surface area contributed by atoms with Crippen LogP contribution in [0.15, 0.2) is 0 Å². The van der Waals surface area contributed by atoms with Gasteiger partial charge in [0.25, 0.3) is 0 Å². The van der Waals surface area contributed by atoms with Gasteiger partial charge in [-0.2, -0.15) is 5.26 Å². The Hall–Kier alpha value is -0.590. The van der Waals surface area contributed by atoms with Crippen molar-refractivity contribution in [1.29, 1.82) is 5.26 Å². The zero-order valence-electron chi connectivity index (χ0n) is 7.88. The first-order valence-electron chi connectivity index (χ1n) is 4.57. The Morgan fingerprint density at radius 3 is 3.08 bits per heavy atom. The first-order chi connectivity index (χ1) is 5.72. The van der Waals surface area contributed by atoms with Gasteiger partial charge >= 0.3 is 0 Å². The summed E-state index contributed by atoms with van der Waals surface area (Å²) >= 11 is 0. The zero-order valence-corrected chi connectivity index (χ0v) is 7.88. The van der Waals surface area contributed by atoms with Crippen LogP contribution in [0.2, 0.25) is 0 Å². The second-order valence-electron chi connectivity index (χ2n) is 3.64. The van der Waals surface area contributed by atoms with Gasteiger partial charge in [0.2, 0.25) is 0 Å². The van der Waals surface area contributed by atoms with Gasteiger partial charge in [-0.1, -0.05) is 0 Å². The molecular weight excluding hydrogens is 150 g/mol. The van der Waals surface area contributed by atoms with E-state index in [1.165, 1.54) is 0 Å². The molecule has 0 spiro atoms. The predicted octanol–water partition coefficient (Wildman–Crippen LogP) is 0.440. The Labute approximate surface area is 74.4 Å². The third-order valence-electron chi connectivity index (χ3n) is 2.21. The molecule has 0 bridgehead atoms. The van der Waals surface area contributed by atoms with Crippen molar-refractivity contribution in [3.8, 4) is 6.07 Å². The molecule has 1 saturated heterocycles. The molecule has 0 aromatic rings. The van der Waals surface area contributed by atoms with Gasteiger partial charge in [0.15, 0.2) is 0 Å². The molecule has 1 N–H and O–H groups in total. The highest BCUT2D eigenvalue weighted by molar-refractivity contribution is 4.84. The van der Waals surface area contributed by atoms with Crippen molar-refractivity contribution >= 4 is 0 Å². The second-order valence-corrected chi connectivity index (χ2v) is 3.64. The highest BCUT2D eigenvalue weighted by Crippen LogP contribution is 2.02. The number of nitrogens with zero attached hydrogens (tertiary/aromatic N) is 2. The normalized spacial score (nSPS) is 27.9. The maximum Gasteiger partial charge on any atom is 0.0666 e. The van der Waals surface area contributed by atoms with Crippen molar-refractivity contribution in [3.05, 3.63) is 0 Å². The average Bonchev–Trinajstić information content (AvgIpc) is 2.04. The second kappa shape index (κ2) is 4.44. The zero-order chi connectivity index (χ0) is 8.97. The molecule has 3 nitrogen and oxygen atoms in total. The van der Waals surface area contributed by atoms with E-state index in [2.05, 4.69) is 23.2 Å². The van der Waals surface area contributed by atoms with Gasteiger partial charge in [-0.15, -0.1) is 0 Å². The summed E-state index contributed by atoms with van der Waals surface area (Å²) in [4.78, 5) is 2.36. The fourth-order valence-electron chi connectivity index (χ4n) is 1.61. The SMILES string of the molecule is CC(C#N)CN1CCNC(C)C1. The van der Waals surface area contributed by atoms with Crippen molar-refractivity contribution in [2.45, 2.75) is 19.9 Å². The Kier molecular flexibility index (Phi) is 3.51. The molecule has 68 valence electrons. The van der Waals surface area contributed by atoms with Crippen LogP contribution in [0.3, 0.4) is 0 Å². The van der Waals surface area contributed by atoms with Gasteiger partial charge in [0, 0.05) is 32.2 Å². The molecule has 3 heteroatoms. The van der Waals surface area contributed by atoms with Crippen LogP contribution in [-0.4, -0.2) is 37.1 Å². The van der Waals surface area contributed by atoms with E-state index in [-0.39, 0.29) is 5.92 Å². The summed E-state index contributed by atoms with van der Waals surface area (Å²) in [6, 6.07) is 2.84. The van der Waals surface area contributed by atoms with Crippen LogP contribution in [-0.2, 0) is 0 Å². The van der Waals surface area contributed by atoms with E-state index in [0.717, 1.165) is 26.2 Å². The van der Waals surface area contributed by atoms with E-state index in [1.54, 1.807) is 0 Å². The molecule has 1 heterocycles. The standard InChI is InChI=1S/C9H17N3/c1-8(5-10)6-12-4-3-11-9(2)7-12/h8-9,11H,3-4,6-7H2,1-2H3. The summed E-state index contributed by atoms with van der Waals surface area (Å²) in [6.07, 6.45) is 0. The van der Waals surface area contributed by atoms with Crippen LogP contribution in [0, 0.1) is 17.2 Å². The Bertz CT molecular complexity index is 173. The van der Waals surface area contributed by atoms with Gasteiger partial charge in [-0.25, -0.2) is 0 Å². The molecule has 1 rings (SSSR count). The minimum Gasteiger partial charge on any atom is -0.312 e. The molecule has 1 aliphatic heterocycles. The molecule has 0 aliphatic carbocycles. The van der Waals surface area contributed by atoms with E-state index in [0.29, 0.717) is 6.04 Å². The lowest BCUT2D eigenvalue weighted by Crippen LogP contribution is -2.50. The number of rotatable bonds is 2. The van der Waals surface area contributed by atoms with Gasteiger partial charge in [-0.05, 0) is 13.8 Å². The number of piperazine rings is 1. The lowest BCUT2D eigenvalue weighted by molar-refractivity contribution is 0.195. The molecule has 0 saturated carbocycles. The van der Waals surface area contributed by atoms with E-state index in [1.807, 2.05) is 6.92 Å². The monoisotopic (exact) mass is 167 g/mol. The smallest absolute Gasteiger partial charge is 0.0666 e. The molecule has 1 aliphatic rings. The van der Waals surface area contributed by atoms with Gasteiger partial charge < -0.3 is 5.32 Å². The first-order valence-corrected chi connectivity index (χ1v) is 4.57. The maximum atomic E-state index is 8.64. The van der Waals surface area contributed by atoms with Crippen LogP contribution in [0.5, 0.6) is 0 Å². The molecule has 12 heavy (non-hydrogen) atoms. The highest BCUT2D eigenvalue weighted by atomic mass is 15.2. The van der Waals surface area contributed by atoms with E-state index in [9.17, 15) is 0 Å². The van der Waals surface area contributed by atoms with Crippen LogP contribution >= 0.6 is 0 Å². The number of nitriles is 1. The minimum atomic E-state index is 0.162. The van der Waals surface area contributed by atoms with Crippen LogP contribution < -0.4 is 5.32 Å². The lowest BCUT2D eigenvalue weighted by atomic mass is 10.1. The molecule has 2 unspecified atom stereocenters. The Balaban J connectivity index is 2.28. The van der Waals surface area contributed by atoms with Crippen LogP contribution in [0.25, 0.3) is 0 Å². The van der Waals surface area contributed by atoms with Crippen molar-refractivity contribution in [1.82, 2.24) is 10.2 Å². The quantitative estimate of drug-likeness (QED) is 0.648. The Morgan fingerprint density at radius 1 is 1.75 bits per heavy atom. The van der Waals surface area contributed by atoms with Gasteiger partial charge in [0.1, 0.15) is 0 Å². The average molecular weight is 167 g/mol. The van der Waals surface area contributed by atoms with E-state index in [4.69, 9.17) is 5.26 Å². The fourth-order valence-corrected chi connectivity index (χ4v) is 1.61. The van der Waals surface area contributed by atoms with E-state index < -0.39 is 0 Å². The van der Waals surface area contributed by atoms with Crippen molar-refractivity contribution in [2.75, 3.05) is 26.2 Å². The summed E-state index contributed by atoms with van der Waals surface area (Å²) in [7, 11) is 0. The molecule has 0 radical (unpaired) electrons. The summed E-state index contributed by atoms with van der Waals surface area (Å²) < 4.78 is 0. The third kappa shape index (κ3) is 2.80. The summed E-state index contributed by atoms with van der Waals surface area (Å²) in [6.45, 7) is 8.29. The summed E-state index contributed by atoms with van der Waals surface area (Å²) in [5.74, 6) is 0.162. The van der Waals surface area contributed by atoms with Crippen molar-refractivity contribution in [2.24, 2.45) is 5.92 Å². The van der Waals surface area contributed by atoms with Crippen molar-refractivity contribution < 1.29 is 0 Å². The molecule has 1 fully saturated rings. The largest absolute Gasteiger partial charge is 0.312 e. The molecule has 0 amide bonds. The topological polar surface area (TPSA) is 39.1 Å². The highest BCUT2D eigenvalue weighted by Gasteiger charge is 2.16. The number of nitrogens with one attached hydrogen (secondary N) is 1. The summed E-state index contributed by atoms with van der Waals surface area (Å²) in [5, 5.41) is 12.0. The maximum absolute atomic E-state index is 8.64. The number of hydrogen-bond donors (Lipinski definition) is 1. The van der Waals surface area contributed by atoms with E-state index >= 15 is 0 Å². The van der Waals surface area contributed by atoms with Crippen LogP contribution in [0.1, 0.15) is 13.8 Å². The molecule has 0 aromatic carbocycles.